The molecule has 0 unspecified atom stereocenters. The van der Waals surface area contributed by atoms with Gasteiger partial charge in [0.05, 0.1) is 11.0 Å². The molecule has 1 heterocycles. The second kappa shape index (κ2) is 4.68. The predicted molar refractivity (Wildman–Crippen MR) is 79.2 cm³/mol. The highest BCUT2D eigenvalue weighted by atomic mass is 35.5. The molecule has 0 fully saturated rings. The molecule has 0 aliphatic carbocycles. The van der Waals surface area contributed by atoms with Gasteiger partial charge < -0.3 is 10.7 Å². The number of aromatic nitrogens is 2. The van der Waals surface area contributed by atoms with Gasteiger partial charge in [-0.15, -0.1) is 0 Å². The zero-order valence-corrected chi connectivity index (χ0v) is 11.3. The fraction of sp³-hybridized carbons (Fsp3) is 0.133. The summed E-state index contributed by atoms with van der Waals surface area (Å²) in [4.78, 5) is 7.90. The van der Waals surface area contributed by atoms with E-state index < -0.39 is 0 Å². The molecule has 0 amide bonds. The number of imidazole rings is 1. The van der Waals surface area contributed by atoms with Gasteiger partial charge in [-0.3, -0.25) is 0 Å². The van der Waals surface area contributed by atoms with Crippen LogP contribution in [0.2, 0.25) is 5.02 Å². The average molecular weight is 272 g/mol. The Morgan fingerprint density at radius 1 is 1.21 bits per heavy atom. The van der Waals surface area contributed by atoms with Gasteiger partial charge >= 0.3 is 0 Å². The van der Waals surface area contributed by atoms with Crippen molar-refractivity contribution >= 4 is 22.6 Å². The van der Waals surface area contributed by atoms with Crippen molar-refractivity contribution in [3.8, 4) is 11.4 Å². The predicted octanol–water partition coefficient (Wildman–Crippen LogP) is 3.65. The van der Waals surface area contributed by atoms with Crippen molar-refractivity contribution in [3.05, 3.63) is 52.5 Å². The van der Waals surface area contributed by atoms with Crippen LogP contribution in [0.15, 0.2) is 36.4 Å². The first kappa shape index (κ1) is 12.2. The number of H-pyrrole nitrogens is 1. The van der Waals surface area contributed by atoms with Crippen LogP contribution in [0.1, 0.15) is 11.1 Å². The normalized spacial score (nSPS) is 11.1. The molecule has 4 heteroatoms. The van der Waals surface area contributed by atoms with Crippen LogP contribution in [0, 0.1) is 6.92 Å². The molecule has 0 aliphatic rings. The third kappa shape index (κ3) is 2.35. The van der Waals surface area contributed by atoms with Crippen LogP contribution in [0.3, 0.4) is 0 Å². The summed E-state index contributed by atoms with van der Waals surface area (Å²) in [6.45, 7) is 2.55. The summed E-state index contributed by atoms with van der Waals surface area (Å²) in [7, 11) is 0. The summed E-state index contributed by atoms with van der Waals surface area (Å²) >= 11 is 6.09. The molecule has 3 rings (SSSR count). The van der Waals surface area contributed by atoms with Crippen LogP contribution >= 0.6 is 11.6 Å². The Morgan fingerprint density at radius 2 is 2.05 bits per heavy atom. The molecule has 0 spiro atoms. The number of hydrogen-bond donors (Lipinski definition) is 2. The summed E-state index contributed by atoms with van der Waals surface area (Å²) in [5.74, 6) is 0.828. The molecule has 3 nitrogen and oxygen atoms in total. The number of benzene rings is 2. The van der Waals surface area contributed by atoms with Crippen LogP contribution < -0.4 is 5.73 Å². The van der Waals surface area contributed by atoms with E-state index in [9.17, 15) is 0 Å². The average Bonchev–Trinajstić information content (AvgIpc) is 2.80. The number of halogens is 1. The number of nitrogens with one attached hydrogen (secondary N) is 1. The van der Waals surface area contributed by atoms with Crippen LogP contribution in [0.4, 0.5) is 0 Å². The number of rotatable bonds is 2. The molecule has 0 radical (unpaired) electrons. The standard InChI is InChI=1S/C15H14ClN3/c1-9-4-11(7-12(16)5-9)15-18-13-3-2-10(8-17)6-14(13)19-15/h2-7H,8,17H2,1H3,(H,18,19). The molecule has 0 atom stereocenters. The lowest BCUT2D eigenvalue weighted by Gasteiger charge is -2.00. The SMILES string of the molecule is Cc1cc(Cl)cc(-c2nc3ccc(CN)cc3[nH]2)c1. The van der Waals surface area contributed by atoms with Crippen molar-refractivity contribution in [3.63, 3.8) is 0 Å². The smallest absolute Gasteiger partial charge is 0.138 e. The third-order valence-electron chi connectivity index (χ3n) is 3.10. The number of nitrogens with two attached hydrogens (primary N) is 1. The molecule has 0 saturated heterocycles. The molecule has 0 bridgehead atoms. The van der Waals surface area contributed by atoms with E-state index in [1.54, 1.807) is 0 Å². The second-order valence-electron chi connectivity index (χ2n) is 4.66. The van der Waals surface area contributed by atoms with Crippen molar-refractivity contribution in [1.82, 2.24) is 9.97 Å². The van der Waals surface area contributed by atoms with E-state index in [1.807, 2.05) is 37.3 Å². The monoisotopic (exact) mass is 271 g/mol. The minimum atomic E-state index is 0.528. The van der Waals surface area contributed by atoms with Crippen molar-refractivity contribution in [1.29, 1.82) is 0 Å². The van der Waals surface area contributed by atoms with Gasteiger partial charge in [-0.05, 0) is 48.4 Å². The molecule has 19 heavy (non-hydrogen) atoms. The van der Waals surface area contributed by atoms with Crippen molar-refractivity contribution in [2.45, 2.75) is 13.5 Å². The van der Waals surface area contributed by atoms with Crippen LogP contribution in [-0.2, 0) is 6.54 Å². The largest absolute Gasteiger partial charge is 0.338 e. The molecule has 1 aromatic heterocycles. The van der Waals surface area contributed by atoms with Gasteiger partial charge in [0.25, 0.3) is 0 Å². The minimum absolute atomic E-state index is 0.528. The van der Waals surface area contributed by atoms with Gasteiger partial charge in [0.1, 0.15) is 5.82 Å². The Kier molecular flexibility index (Phi) is 3.01. The Labute approximate surface area is 116 Å². The zero-order chi connectivity index (χ0) is 13.4. The first-order valence-corrected chi connectivity index (χ1v) is 6.50. The lowest BCUT2D eigenvalue weighted by atomic mass is 10.1. The number of hydrogen-bond acceptors (Lipinski definition) is 2. The van der Waals surface area contributed by atoms with E-state index in [0.717, 1.165) is 38.6 Å². The summed E-state index contributed by atoms with van der Waals surface area (Å²) in [6, 6.07) is 11.9. The maximum Gasteiger partial charge on any atom is 0.138 e. The molecule has 0 aliphatic heterocycles. The lowest BCUT2D eigenvalue weighted by Crippen LogP contribution is -1.95. The quantitative estimate of drug-likeness (QED) is 0.747. The van der Waals surface area contributed by atoms with Gasteiger partial charge in [0, 0.05) is 17.1 Å². The number of aryl methyl sites for hydroxylation is 1. The minimum Gasteiger partial charge on any atom is -0.338 e. The molecular weight excluding hydrogens is 258 g/mol. The van der Waals surface area contributed by atoms with E-state index in [-0.39, 0.29) is 0 Å². The Bertz CT molecular complexity index is 726. The summed E-state index contributed by atoms with van der Waals surface area (Å²) in [5, 5.41) is 0.720. The summed E-state index contributed by atoms with van der Waals surface area (Å²) < 4.78 is 0. The molecular formula is C15H14ClN3. The first-order chi connectivity index (χ1) is 9.15. The highest BCUT2D eigenvalue weighted by molar-refractivity contribution is 6.30. The van der Waals surface area contributed by atoms with Crippen LogP contribution in [-0.4, -0.2) is 9.97 Å². The van der Waals surface area contributed by atoms with Crippen LogP contribution in [0.25, 0.3) is 22.4 Å². The summed E-state index contributed by atoms with van der Waals surface area (Å²) in [5.41, 5.74) is 10.8. The maximum absolute atomic E-state index is 6.09. The summed E-state index contributed by atoms with van der Waals surface area (Å²) in [6.07, 6.45) is 0. The Hall–Kier alpha value is -1.84. The third-order valence-corrected chi connectivity index (χ3v) is 3.32. The van der Waals surface area contributed by atoms with Crippen molar-refractivity contribution in [2.75, 3.05) is 0 Å². The van der Waals surface area contributed by atoms with E-state index >= 15 is 0 Å². The molecule has 3 aromatic rings. The lowest BCUT2D eigenvalue weighted by molar-refractivity contribution is 1.07. The van der Waals surface area contributed by atoms with Crippen LogP contribution in [0.5, 0.6) is 0 Å². The van der Waals surface area contributed by atoms with Gasteiger partial charge in [-0.2, -0.15) is 0 Å². The number of fused-ring (bicyclic) bond motifs is 1. The molecule has 3 N–H and O–H groups in total. The van der Waals surface area contributed by atoms with Crippen molar-refractivity contribution < 1.29 is 0 Å². The van der Waals surface area contributed by atoms with E-state index in [4.69, 9.17) is 17.3 Å². The van der Waals surface area contributed by atoms with E-state index in [0.29, 0.717) is 6.54 Å². The highest BCUT2D eigenvalue weighted by Crippen LogP contribution is 2.25. The molecule has 96 valence electrons. The van der Waals surface area contributed by atoms with Gasteiger partial charge in [-0.25, -0.2) is 4.98 Å². The Morgan fingerprint density at radius 3 is 2.79 bits per heavy atom. The number of aromatic amines is 1. The maximum atomic E-state index is 6.09. The van der Waals surface area contributed by atoms with Gasteiger partial charge in [0.15, 0.2) is 0 Å². The highest BCUT2D eigenvalue weighted by Gasteiger charge is 2.07. The molecule has 2 aromatic carbocycles. The van der Waals surface area contributed by atoms with Gasteiger partial charge in [-0.1, -0.05) is 17.7 Å². The fourth-order valence-electron chi connectivity index (χ4n) is 2.19. The first-order valence-electron chi connectivity index (χ1n) is 6.12. The second-order valence-corrected chi connectivity index (χ2v) is 5.09. The molecule has 0 saturated carbocycles. The number of nitrogens with zero attached hydrogens (tertiary/aromatic N) is 1. The van der Waals surface area contributed by atoms with E-state index in [1.165, 1.54) is 0 Å². The topological polar surface area (TPSA) is 54.7 Å². The Balaban J connectivity index is 2.14. The van der Waals surface area contributed by atoms with E-state index in [2.05, 4.69) is 16.0 Å². The van der Waals surface area contributed by atoms with Crippen molar-refractivity contribution in [2.24, 2.45) is 5.73 Å². The fourth-order valence-corrected chi connectivity index (χ4v) is 2.48. The zero-order valence-electron chi connectivity index (χ0n) is 10.6. The van der Waals surface area contributed by atoms with Gasteiger partial charge in [0.2, 0.25) is 0 Å².